The molecular formula is C15H18ClN5. The van der Waals surface area contributed by atoms with Gasteiger partial charge in [-0.3, -0.25) is 9.88 Å². The lowest BCUT2D eigenvalue weighted by Crippen LogP contribution is -2.46. The van der Waals surface area contributed by atoms with Crippen molar-refractivity contribution in [3.8, 4) is 0 Å². The first-order chi connectivity index (χ1) is 10.2. The Labute approximate surface area is 129 Å². The molecule has 0 unspecified atom stereocenters. The van der Waals surface area contributed by atoms with Gasteiger partial charge in [0.1, 0.15) is 0 Å². The molecule has 0 radical (unpaired) electrons. The summed E-state index contributed by atoms with van der Waals surface area (Å²) in [4.78, 5) is 17.8. The highest BCUT2D eigenvalue weighted by molar-refractivity contribution is 6.30. The number of hydrogen-bond acceptors (Lipinski definition) is 5. The Balaban J connectivity index is 1.56. The van der Waals surface area contributed by atoms with Crippen LogP contribution in [0.3, 0.4) is 0 Å². The van der Waals surface area contributed by atoms with Crippen LogP contribution in [-0.2, 0) is 6.54 Å². The molecule has 1 fully saturated rings. The van der Waals surface area contributed by atoms with Crippen molar-refractivity contribution in [2.45, 2.75) is 13.5 Å². The van der Waals surface area contributed by atoms with E-state index in [1.54, 1.807) is 6.20 Å². The Bertz CT molecular complexity index is 593. The quantitative estimate of drug-likeness (QED) is 0.869. The maximum Gasteiger partial charge on any atom is 0.225 e. The number of anilines is 1. The zero-order chi connectivity index (χ0) is 14.7. The van der Waals surface area contributed by atoms with Crippen LogP contribution in [0.25, 0.3) is 0 Å². The molecule has 0 aliphatic carbocycles. The van der Waals surface area contributed by atoms with Gasteiger partial charge in [-0.1, -0.05) is 11.6 Å². The van der Waals surface area contributed by atoms with Gasteiger partial charge in [0.05, 0.1) is 10.7 Å². The Hall–Kier alpha value is -1.72. The summed E-state index contributed by atoms with van der Waals surface area (Å²) in [5.74, 6) is 0.833. The third kappa shape index (κ3) is 3.68. The highest BCUT2D eigenvalue weighted by Crippen LogP contribution is 2.13. The summed E-state index contributed by atoms with van der Waals surface area (Å²) in [6.07, 6.45) is 3.52. The second kappa shape index (κ2) is 6.37. The maximum atomic E-state index is 5.86. The SMILES string of the molecule is Cc1ccnc(N2CCN(Cc3ccc(Cl)cn3)CC2)n1. The Morgan fingerprint density at radius 3 is 2.57 bits per heavy atom. The number of nitrogens with zero attached hydrogens (tertiary/aromatic N) is 5. The molecule has 0 atom stereocenters. The minimum Gasteiger partial charge on any atom is -0.338 e. The van der Waals surface area contributed by atoms with Gasteiger partial charge < -0.3 is 4.90 Å². The summed E-state index contributed by atoms with van der Waals surface area (Å²) in [6, 6.07) is 5.80. The molecule has 3 heterocycles. The first-order valence-electron chi connectivity index (χ1n) is 7.08. The molecule has 2 aromatic heterocycles. The molecule has 110 valence electrons. The first-order valence-corrected chi connectivity index (χ1v) is 7.46. The monoisotopic (exact) mass is 303 g/mol. The van der Waals surface area contributed by atoms with Gasteiger partial charge in [0.15, 0.2) is 0 Å². The topological polar surface area (TPSA) is 45.2 Å². The van der Waals surface area contributed by atoms with E-state index >= 15 is 0 Å². The van der Waals surface area contributed by atoms with Crippen molar-refractivity contribution < 1.29 is 0 Å². The normalized spacial score (nSPS) is 16.2. The van der Waals surface area contributed by atoms with Gasteiger partial charge in [0.2, 0.25) is 5.95 Å². The lowest BCUT2D eigenvalue weighted by atomic mass is 10.3. The van der Waals surface area contributed by atoms with Gasteiger partial charge >= 0.3 is 0 Å². The molecule has 0 aromatic carbocycles. The Morgan fingerprint density at radius 2 is 1.90 bits per heavy atom. The van der Waals surface area contributed by atoms with Crippen LogP contribution in [0, 0.1) is 6.92 Å². The number of aryl methyl sites for hydroxylation is 1. The second-order valence-corrected chi connectivity index (χ2v) is 5.67. The molecule has 0 amide bonds. The first kappa shape index (κ1) is 14.2. The van der Waals surface area contributed by atoms with Gasteiger partial charge in [-0.2, -0.15) is 0 Å². The van der Waals surface area contributed by atoms with E-state index in [4.69, 9.17) is 11.6 Å². The van der Waals surface area contributed by atoms with Crippen molar-refractivity contribution in [3.63, 3.8) is 0 Å². The molecule has 3 rings (SSSR count). The van der Waals surface area contributed by atoms with Gasteiger partial charge in [-0.25, -0.2) is 9.97 Å². The minimum absolute atomic E-state index is 0.681. The van der Waals surface area contributed by atoms with E-state index < -0.39 is 0 Å². The van der Waals surface area contributed by atoms with Gasteiger partial charge in [0.25, 0.3) is 0 Å². The zero-order valence-corrected chi connectivity index (χ0v) is 12.8. The van der Waals surface area contributed by atoms with Crippen LogP contribution in [0.15, 0.2) is 30.6 Å². The predicted octanol–water partition coefficient (Wildman–Crippen LogP) is 2.16. The van der Waals surface area contributed by atoms with Gasteiger partial charge in [0, 0.05) is 50.8 Å². The number of hydrogen-bond donors (Lipinski definition) is 0. The third-order valence-corrected chi connectivity index (χ3v) is 3.84. The van der Waals surface area contributed by atoms with E-state index in [2.05, 4.69) is 24.8 Å². The van der Waals surface area contributed by atoms with E-state index in [0.29, 0.717) is 5.02 Å². The summed E-state index contributed by atoms with van der Waals surface area (Å²) < 4.78 is 0. The van der Waals surface area contributed by atoms with Gasteiger partial charge in [-0.05, 0) is 25.1 Å². The largest absolute Gasteiger partial charge is 0.338 e. The van der Waals surface area contributed by atoms with E-state index in [9.17, 15) is 0 Å². The van der Waals surface area contributed by atoms with Crippen molar-refractivity contribution >= 4 is 17.5 Å². The average Bonchev–Trinajstić information content (AvgIpc) is 2.50. The molecule has 1 aliphatic rings. The number of piperazine rings is 1. The van der Waals surface area contributed by atoms with Gasteiger partial charge in [-0.15, -0.1) is 0 Å². The van der Waals surface area contributed by atoms with Crippen LogP contribution in [0.2, 0.25) is 5.02 Å². The summed E-state index contributed by atoms with van der Waals surface area (Å²) in [6.45, 7) is 6.71. The zero-order valence-electron chi connectivity index (χ0n) is 12.0. The summed E-state index contributed by atoms with van der Waals surface area (Å²) >= 11 is 5.86. The van der Waals surface area contributed by atoms with Crippen molar-refractivity contribution in [1.82, 2.24) is 19.9 Å². The number of rotatable bonds is 3. The van der Waals surface area contributed by atoms with E-state index in [-0.39, 0.29) is 0 Å². The standard InChI is InChI=1S/C15H18ClN5/c1-12-4-5-17-15(19-12)21-8-6-20(7-9-21)11-14-3-2-13(16)10-18-14/h2-5,10H,6-9,11H2,1H3. The lowest BCUT2D eigenvalue weighted by Gasteiger charge is -2.34. The molecule has 1 aliphatic heterocycles. The predicted molar refractivity (Wildman–Crippen MR) is 83.5 cm³/mol. The molecule has 0 spiro atoms. The number of halogens is 1. The molecule has 0 N–H and O–H groups in total. The molecule has 6 heteroatoms. The fraction of sp³-hybridized carbons (Fsp3) is 0.400. The van der Waals surface area contributed by atoms with Crippen molar-refractivity contribution in [2.24, 2.45) is 0 Å². The molecule has 21 heavy (non-hydrogen) atoms. The van der Waals surface area contributed by atoms with Crippen molar-refractivity contribution in [3.05, 3.63) is 47.0 Å². The highest BCUT2D eigenvalue weighted by atomic mass is 35.5. The minimum atomic E-state index is 0.681. The molecule has 0 bridgehead atoms. The molecule has 1 saturated heterocycles. The number of aromatic nitrogens is 3. The fourth-order valence-corrected chi connectivity index (χ4v) is 2.53. The molecular weight excluding hydrogens is 286 g/mol. The van der Waals surface area contributed by atoms with Crippen LogP contribution in [0.1, 0.15) is 11.4 Å². The Morgan fingerprint density at radius 1 is 1.10 bits per heavy atom. The van der Waals surface area contributed by atoms with Crippen LogP contribution in [0.5, 0.6) is 0 Å². The van der Waals surface area contributed by atoms with Crippen molar-refractivity contribution in [1.29, 1.82) is 0 Å². The lowest BCUT2D eigenvalue weighted by molar-refractivity contribution is 0.246. The average molecular weight is 304 g/mol. The number of pyridine rings is 1. The van der Waals surface area contributed by atoms with E-state index in [1.807, 2.05) is 31.3 Å². The van der Waals surface area contributed by atoms with Crippen LogP contribution in [0.4, 0.5) is 5.95 Å². The Kier molecular flexibility index (Phi) is 4.31. The smallest absolute Gasteiger partial charge is 0.225 e. The van der Waals surface area contributed by atoms with Crippen LogP contribution in [-0.4, -0.2) is 46.0 Å². The molecule has 2 aromatic rings. The van der Waals surface area contributed by atoms with E-state index in [0.717, 1.165) is 50.1 Å². The highest BCUT2D eigenvalue weighted by Gasteiger charge is 2.19. The molecule has 5 nitrogen and oxygen atoms in total. The second-order valence-electron chi connectivity index (χ2n) is 5.23. The summed E-state index contributed by atoms with van der Waals surface area (Å²) in [5, 5.41) is 0.681. The third-order valence-electron chi connectivity index (χ3n) is 3.61. The molecule has 0 saturated carbocycles. The van der Waals surface area contributed by atoms with Crippen molar-refractivity contribution in [2.75, 3.05) is 31.1 Å². The summed E-state index contributed by atoms with van der Waals surface area (Å²) in [7, 11) is 0. The fourth-order valence-electron chi connectivity index (χ4n) is 2.42. The maximum absolute atomic E-state index is 5.86. The van der Waals surface area contributed by atoms with E-state index in [1.165, 1.54) is 0 Å². The van der Waals surface area contributed by atoms with Crippen LogP contribution < -0.4 is 4.90 Å². The summed E-state index contributed by atoms with van der Waals surface area (Å²) in [5.41, 5.74) is 2.06. The van der Waals surface area contributed by atoms with Crippen LogP contribution >= 0.6 is 11.6 Å².